The number of esters is 1. The highest BCUT2D eigenvalue weighted by Gasteiger charge is 2.23. The first-order chi connectivity index (χ1) is 27.8. The lowest BCUT2D eigenvalue weighted by molar-refractivity contribution is -0.147. The SMILES string of the molecule is CC/C=C\C/C=C\C/C=C\CCCCCC(=O)OCC(O)COP(=O)(O)OCCNC(=O)CCCCCCCCCCCCCCC/C=C\C/C=C\CCCCC. The highest BCUT2D eigenvalue weighted by atomic mass is 31.2. The molecule has 0 aromatic rings. The van der Waals surface area contributed by atoms with Gasteiger partial charge in [-0.2, -0.15) is 0 Å². The maximum atomic E-state index is 12.1. The lowest BCUT2D eigenvalue weighted by Gasteiger charge is -2.15. The third-order valence-electron chi connectivity index (χ3n) is 9.43. The second-order valence-electron chi connectivity index (χ2n) is 15.0. The minimum absolute atomic E-state index is 0.0758. The Kier molecular flexibility index (Phi) is 41.6. The van der Waals surface area contributed by atoms with Gasteiger partial charge in [-0.25, -0.2) is 4.57 Å². The number of unbranched alkanes of at least 4 members (excludes halogenated alkanes) is 19. The van der Waals surface area contributed by atoms with Gasteiger partial charge >= 0.3 is 13.8 Å². The number of allylic oxidation sites excluding steroid dienone is 10. The summed E-state index contributed by atoms with van der Waals surface area (Å²) < 4.78 is 26.8. The van der Waals surface area contributed by atoms with Gasteiger partial charge < -0.3 is 20.1 Å². The third kappa shape index (κ3) is 44.7. The van der Waals surface area contributed by atoms with Crippen LogP contribution in [0.15, 0.2) is 60.8 Å². The van der Waals surface area contributed by atoms with Gasteiger partial charge in [0, 0.05) is 19.4 Å². The molecule has 0 aromatic heterocycles. The third-order valence-corrected chi connectivity index (χ3v) is 10.4. The smallest absolute Gasteiger partial charge is 0.463 e. The number of phosphoric ester groups is 1. The van der Waals surface area contributed by atoms with E-state index in [1.807, 2.05) is 0 Å². The largest absolute Gasteiger partial charge is 0.472 e. The van der Waals surface area contributed by atoms with Crippen molar-refractivity contribution >= 4 is 19.7 Å². The molecule has 0 saturated carbocycles. The van der Waals surface area contributed by atoms with Crippen LogP contribution in [0.5, 0.6) is 0 Å². The van der Waals surface area contributed by atoms with Gasteiger partial charge in [0.05, 0.1) is 13.2 Å². The van der Waals surface area contributed by atoms with Gasteiger partial charge in [-0.3, -0.25) is 18.6 Å². The highest BCUT2D eigenvalue weighted by Crippen LogP contribution is 2.42. The Labute approximate surface area is 348 Å². The fourth-order valence-corrected chi connectivity index (χ4v) is 6.77. The summed E-state index contributed by atoms with van der Waals surface area (Å²) in [6.07, 6.45) is 51.6. The van der Waals surface area contributed by atoms with Crippen molar-refractivity contribution in [1.82, 2.24) is 5.32 Å². The summed E-state index contributed by atoms with van der Waals surface area (Å²) in [6.45, 7) is 3.38. The van der Waals surface area contributed by atoms with Crippen molar-refractivity contribution in [3.8, 4) is 0 Å². The quantitative estimate of drug-likeness (QED) is 0.0240. The van der Waals surface area contributed by atoms with Gasteiger partial charge in [0.25, 0.3) is 0 Å². The molecule has 9 nitrogen and oxygen atoms in total. The van der Waals surface area contributed by atoms with E-state index < -0.39 is 26.5 Å². The number of hydrogen-bond donors (Lipinski definition) is 3. The Morgan fingerprint density at radius 1 is 0.561 bits per heavy atom. The summed E-state index contributed by atoms with van der Waals surface area (Å²) in [6, 6.07) is 0. The van der Waals surface area contributed by atoms with Gasteiger partial charge in [-0.05, 0) is 77.0 Å². The van der Waals surface area contributed by atoms with Gasteiger partial charge in [-0.15, -0.1) is 0 Å². The number of ether oxygens (including phenoxy) is 1. The molecule has 330 valence electrons. The predicted octanol–water partition coefficient (Wildman–Crippen LogP) is 12.9. The number of rotatable bonds is 42. The molecule has 0 fully saturated rings. The molecule has 0 aliphatic heterocycles. The van der Waals surface area contributed by atoms with Crippen molar-refractivity contribution < 1.29 is 37.9 Å². The first kappa shape index (κ1) is 54.7. The maximum Gasteiger partial charge on any atom is 0.472 e. The number of aliphatic hydroxyl groups is 1. The normalized spacial score (nSPS) is 13.8. The number of carbonyl (C=O) groups excluding carboxylic acids is 2. The van der Waals surface area contributed by atoms with Gasteiger partial charge in [0.15, 0.2) is 0 Å². The monoisotopic (exact) mass is 822 g/mol. The van der Waals surface area contributed by atoms with Crippen LogP contribution in [0.3, 0.4) is 0 Å². The standard InChI is InChI=1S/C47H84NO8P/c1-3-5-7-9-11-13-15-17-18-19-20-21-22-23-24-25-26-28-29-31-33-35-37-39-46(50)48-41-42-55-57(52,53)56-44-45(49)43-54-47(51)40-38-36-34-32-30-27-16-14-12-10-8-6-4-2/h6,8,11-14,17-18,27,30,45,49H,3-5,7,9-10,15-16,19-26,28-29,31-44H2,1-2H3,(H,48,50)(H,52,53)/b8-6-,13-11-,14-12-,18-17-,30-27-. The molecule has 0 aromatic carbocycles. The van der Waals surface area contributed by atoms with Crippen LogP contribution in [0.25, 0.3) is 0 Å². The second-order valence-corrected chi connectivity index (χ2v) is 16.4. The fourth-order valence-electron chi connectivity index (χ4n) is 6.01. The van der Waals surface area contributed by atoms with Crippen LogP contribution >= 0.6 is 7.82 Å². The fraction of sp³-hybridized carbons (Fsp3) is 0.745. The predicted molar refractivity (Wildman–Crippen MR) is 238 cm³/mol. The maximum absolute atomic E-state index is 12.1. The van der Waals surface area contributed by atoms with E-state index in [-0.39, 0.29) is 32.1 Å². The number of amides is 1. The van der Waals surface area contributed by atoms with Crippen molar-refractivity contribution in [3.05, 3.63) is 60.8 Å². The Morgan fingerprint density at radius 2 is 1.00 bits per heavy atom. The van der Waals surface area contributed by atoms with Crippen LogP contribution in [0.4, 0.5) is 0 Å². The van der Waals surface area contributed by atoms with E-state index in [9.17, 15) is 24.2 Å². The molecule has 0 aliphatic rings. The summed E-state index contributed by atoms with van der Waals surface area (Å²) in [4.78, 5) is 33.9. The molecule has 10 heteroatoms. The zero-order chi connectivity index (χ0) is 41.8. The van der Waals surface area contributed by atoms with Crippen molar-refractivity contribution in [2.24, 2.45) is 0 Å². The lowest BCUT2D eigenvalue weighted by atomic mass is 10.0. The Balaban J connectivity index is 3.58. The van der Waals surface area contributed by atoms with Crippen molar-refractivity contribution in [2.45, 2.75) is 200 Å². The molecule has 2 unspecified atom stereocenters. The van der Waals surface area contributed by atoms with E-state index in [1.54, 1.807) is 0 Å². The van der Waals surface area contributed by atoms with Crippen LogP contribution in [-0.2, 0) is 27.9 Å². The molecule has 0 bridgehead atoms. The molecule has 3 N–H and O–H groups in total. The van der Waals surface area contributed by atoms with E-state index in [1.165, 1.54) is 96.3 Å². The molecule has 0 saturated heterocycles. The van der Waals surface area contributed by atoms with Crippen molar-refractivity contribution in [1.29, 1.82) is 0 Å². The van der Waals surface area contributed by atoms with E-state index in [0.717, 1.165) is 64.2 Å². The molecular weight excluding hydrogens is 737 g/mol. The first-order valence-electron chi connectivity index (χ1n) is 22.8. The second kappa shape index (κ2) is 43.3. The zero-order valence-electron chi connectivity index (χ0n) is 36.3. The number of nitrogens with one attached hydrogen (secondary N) is 1. The minimum Gasteiger partial charge on any atom is -0.463 e. The van der Waals surface area contributed by atoms with Gasteiger partial charge in [0.1, 0.15) is 12.7 Å². The summed E-state index contributed by atoms with van der Waals surface area (Å²) in [5.74, 6) is -0.548. The average Bonchev–Trinajstić information content (AvgIpc) is 3.20. The molecule has 0 aliphatic carbocycles. The summed E-state index contributed by atoms with van der Waals surface area (Å²) >= 11 is 0. The summed E-state index contributed by atoms with van der Waals surface area (Å²) in [5.41, 5.74) is 0. The van der Waals surface area contributed by atoms with Crippen LogP contribution in [0.2, 0.25) is 0 Å². The van der Waals surface area contributed by atoms with E-state index >= 15 is 0 Å². The van der Waals surface area contributed by atoms with Crippen molar-refractivity contribution in [2.75, 3.05) is 26.4 Å². The van der Waals surface area contributed by atoms with E-state index in [2.05, 4.69) is 79.9 Å². The van der Waals surface area contributed by atoms with Gasteiger partial charge in [0.2, 0.25) is 5.91 Å². The van der Waals surface area contributed by atoms with Crippen LogP contribution in [-0.4, -0.2) is 54.3 Å². The summed E-state index contributed by atoms with van der Waals surface area (Å²) in [7, 11) is -4.43. The van der Waals surface area contributed by atoms with Gasteiger partial charge in [-0.1, -0.05) is 164 Å². The topological polar surface area (TPSA) is 131 Å². The van der Waals surface area contributed by atoms with Crippen LogP contribution in [0.1, 0.15) is 194 Å². The number of hydrogen-bond acceptors (Lipinski definition) is 7. The molecule has 57 heavy (non-hydrogen) atoms. The highest BCUT2D eigenvalue weighted by molar-refractivity contribution is 7.47. The zero-order valence-corrected chi connectivity index (χ0v) is 37.2. The molecule has 2 atom stereocenters. The van der Waals surface area contributed by atoms with Crippen molar-refractivity contribution in [3.63, 3.8) is 0 Å². The molecule has 0 radical (unpaired) electrons. The molecule has 0 rings (SSSR count). The minimum atomic E-state index is -4.43. The molecule has 0 spiro atoms. The Bertz CT molecular complexity index is 1120. The average molecular weight is 822 g/mol. The molecule has 0 heterocycles. The molecular formula is C47H84NO8P. The Morgan fingerprint density at radius 3 is 1.53 bits per heavy atom. The number of aliphatic hydroxyl groups excluding tert-OH is 1. The Hall–Kier alpha value is -2.29. The first-order valence-corrected chi connectivity index (χ1v) is 24.3. The van der Waals surface area contributed by atoms with Crippen LogP contribution in [0, 0.1) is 0 Å². The number of carbonyl (C=O) groups is 2. The van der Waals surface area contributed by atoms with E-state index in [0.29, 0.717) is 12.8 Å². The molecule has 1 amide bonds. The van der Waals surface area contributed by atoms with E-state index in [4.69, 9.17) is 13.8 Å². The van der Waals surface area contributed by atoms with Crippen LogP contribution < -0.4 is 5.32 Å². The number of phosphoric acid groups is 1. The lowest BCUT2D eigenvalue weighted by Crippen LogP contribution is -2.27. The summed E-state index contributed by atoms with van der Waals surface area (Å²) in [5, 5.41) is 12.7.